The van der Waals surface area contributed by atoms with Crippen LogP contribution in [-0.2, 0) is 0 Å². The quantitative estimate of drug-likeness (QED) is 0.519. The largest absolute Gasteiger partial charge is 0.0856 e. The molecular formula is C6H11S. The van der Waals surface area contributed by atoms with Gasteiger partial charge in [-0.15, -0.1) is 0 Å². The summed E-state index contributed by atoms with van der Waals surface area (Å²) in [7, 11) is 0. The Hall–Kier alpha value is -0.0400. The van der Waals surface area contributed by atoms with E-state index in [4.69, 9.17) is 12.6 Å². The molecule has 0 saturated carbocycles. The summed E-state index contributed by atoms with van der Waals surface area (Å²) in [5.74, 6) is 0. The van der Waals surface area contributed by atoms with Gasteiger partial charge in [-0.2, -0.15) is 0 Å². The zero-order valence-electron chi connectivity index (χ0n) is 4.90. The predicted molar refractivity (Wildman–Crippen MR) is 36.3 cm³/mol. The lowest BCUT2D eigenvalue weighted by Gasteiger charge is -1.82. The fraction of sp³-hybridized carbons (Fsp3) is 0.667. The highest BCUT2D eigenvalue weighted by Gasteiger charge is 1.75. The average molecular weight is 115 g/mol. The van der Waals surface area contributed by atoms with Crippen LogP contribution in [0, 0.1) is 0 Å². The van der Waals surface area contributed by atoms with Gasteiger partial charge in [0.25, 0.3) is 0 Å². The molecule has 1 heteroatoms. The third-order valence-corrected chi connectivity index (χ3v) is 0.887. The van der Waals surface area contributed by atoms with Gasteiger partial charge in [-0.3, -0.25) is 0 Å². The van der Waals surface area contributed by atoms with Gasteiger partial charge in [0.05, 0.1) is 0 Å². The van der Waals surface area contributed by atoms with Gasteiger partial charge in [-0.1, -0.05) is 32.0 Å². The summed E-state index contributed by atoms with van der Waals surface area (Å²) in [6.07, 6.45) is 4.42. The number of rotatable bonds is 2. The SMILES string of the molecule is CCC/C=C(/C)[S]. The molecule has 0 rings (SSSR count). The molecule has 0 bridgehead atoms. The van der Waals surface area contributed by atoms with E-state index in [0.717, 1.165) is 11.3 Å². The van der Waals surface area contributed by atoms with E-state index in [-0.39, 0.29) is 0 Å². The Bertz CT molecular complexity index is 60.6. The molecule has 0 atom stereocenters. The van der Waals surface area contributed by atoms with E-state index in [1.54, 1.807) is 0 Å². The van der Waals surface area contributed by atoms with E-state index in [1.165, 1.54) is 6.42 Å². The van der Waals surface area contributed by atoms with E-state index >= 15 is 0 Å². The van der Waals surface area contributed by atoms with Crippen LogP contribution in [0.1, 0.15) is 26.7 Å². The lowest BCUT2D eigenvalue weighted by Crippen LogP contribution is -1.61. The van der Waals surface area contributed by atoms with Crippen molar-refractivity contribution in [2.75, 3.05) is 0 Å². The molecule has 0 unspecified atom stereocenters. The van der Waals surface area contributed by atoms with Crippen molar-refractivity contribution in [3.05, 3.63) is 11.0 Å². The van der Waals surface area contributed by atoms with Gasteiger partial charge in [0.2, 0.25) is 0 Å². The molecule has 0 fully saturated rings. The number of hydrogen-bond donors (Lipinski definition) is 0. The molecule has 41 valence electrons. The predicted octanol–water partition coefficient (Wildman–Crippen LogP) is 2.89. The van der Waals surface area contributed by atoms with Crippen LogP contribution in [0.4, 0.5) is 0 Å². The van der Waals surface area contributed by atoms with Crippen molar-refractivity contribution in [1.29, 1.82) is 0 Å². The second-order valence-electron chi connectivity index (χ2n) is 1.60. The monoisotopic (exact) mass is 115 g/mol. The van der Waals surface area contributed by atoms with E-state index < -0.39 is 0 Å². The maximum absolute atomic E-state index is 4.81. The van der Waals surface area contributed by atoms with E-state index in [9.17, 15) is 0 Å². The third-order valence-electron chi connectivity index (χ3n) is 0.720. The van der Waals surface area contributed by atoms with Crippen molar-refractivity contribution in [3.63, 3.8) is 0 Å². The topological polar surface area (TPSA) is 0 Å². The Kier molecular flexibility index (Phi) is 4.10. The Morgan fingerprint density at radius 2 is 2.29 bits per heavy atom. The molecule has 0 aliphatic heterocycles. The second-order valence-corrected chi connectivity index (χ2v) is 2.25. The van der Waals surface area contributed by atoms with Crippen LogP contribution in [0.2, 0.25) is 0 Å². The van der Waals surface area contributed by atoms with Crippen LogP contribution in [0.5, 0.6) is 0 Å². The first kappa shape index (κ1) is 6.96. The molecule has 0 heterocycles. The Morgan fingerprint density at radius 3 is 2.43 bits per heavy atom. The first-order chi connectivity index (χ1) is 3.27. The molecule has 1 radical (unpaired) electrons. The van der Waals surface area contributed by atoms with Crippen LogP contribution in [0.3, 0.4) is 0 Å². The molecule has 0 amide bonds. The Labute approximate surface area is 51.0 Å². The number of unbranched alkanes of at least 4 members (excludes halogenated alkanes) is 1. The van der Waals surface area contributed by atoms with Crippen molar-refractivity contribution < 1.29 is 0 Å². The zero-order chi connectivity index (χ0) is 5.70. The molecule has 0 aliphatic rings. The van der Waals surface area contributed by atoms with Crippen molar-refractivity contribution >= 4 is 12.6 Å². The summed E-state index contributed by atoms with van der Waals surface area (Å²) >= 11 is 4.81. The highest BCUT2D eigenvalue weighted by molar-refractivity contribution is 7.84. The summed E-state index contributed by atoms with van der Waals surface area (Å²) in [4.78, 5) is 1.02. The van der Waals surface area contributed by atoms with Gasteiger partial charge in [0.1, 0.15) is 0 Å². The highest BCUT2D eigenvalue weighted by Crippen LogP contribution is 1.99. The molecule has 0 aromatic heterocycles. The molecule has 0 nitrogen and oxygen atoms in total. The maximum atomic E-state index is 4.81. The molecule has 0 spiro atoms. The molecule has 7 heavy (non-hydrogen) atoms. The summed E-state index contributed by atoms with van der Waals surface area (Å²) < 4.78 is 0. The van der Waals surface area contributed by atoms with Gasteiger partial charge in [0.15, 0.2) is 0 Å². The molecule has 0 saturated heterocycles. The van der Waals surface area contributed by atoms with Crippen molar-refractivity contribution in [3.8, 4) is 0 Å². The number of allylic oxidation sites excluding steroid dienone is 2. The first-order valence-electron chi connectivity index (χ1n) is 2.61. The fourth-order valence-corrected chi connectivity index (χ4v) is 0.465. The van der Waals surface area contributed by atoms with Gasteiger partial charge >= 0.3 is 0 Å². The van der Waals surface area contributed by atoms with E-state index in [2.05, 4.69) is 13.0 Å². The Morgan fingerprint density at radius 1 is 1.71 bits per heavy atom. The van der Waals surface area contributed by atoms with Crippen LogP contribution in [0.25, 0.3) is 0 Å². The van der Waals surface area contributed by atoms with Crippen molar-refractivity contribution in [2.24, 2.45) is 0 Å². The minimum absolute atomic E-state index is 1.02. The Balaban J connectivity index is 3.08. The van der Waals surface area contributed by atoms with Crippen LogP contribution < -0.4 is 0 Å². The first-order valence-corrected chi connectivity index (χ1v) is 3.02. The second kappa shape index (κ2) is 4.13. The van der Waals surface area contributed by atoms with Crippen LogP contribution in [0.15, 0.2) is 11.0 Å². The van der Waals surface area contributed by atoms with Crippen molar-refractivity contribution in [2.45, 2.75) is 26.7 Å². The third kappa shape index (κ3) is 5.96. The summed E-state index contributed by atoms with van der Waals surface area (Å²) in [6, 6.07) is 0. The van der Waals surface area contributed by atoms with Gasteiger partial charge in [-0.05, 0) is 13.3 Å². The van der Waals surface area contributed by atoms with Gasteiger partial charge in [0, 0.05) is 4.91 Å². The maximum Gasteiger partial charge on any atom is 0.00809 e. The smallest absolute Gasteiger partial charge is 0.00809 e. The van der Waals surface area contributed by atoms with E-state index in [1.807, 2.05) is 6.92 Å². The normalized spacial score (nSPS) is 12.0. The van der Waals surface area contributed by atoms with Crippen LogP contribution in [-0.4, -0.2) is 0 Å². The minimum Gasteiger partial charge on any atom is -0.0856 e. The summed E-state index contributed by atoms with van der Waals surface area (Å²) in [5.41, 5.74) is 0. The summed E-state index contributed by atoms with van der Waals surface area (Å²) in [5, 5.41) is 0. The molecule has 0 aromatic carbocycles. The lowest BCUT2D eigenvalue weighted by molar-refractivity contribution is 0.956. The zero-order valence-corrected chi connectivity index (χ0v) is 5.72. The standard InChI is InChI=1S/C6H11S/c1-3-4-5-6(2)7/h5H,3-4H2,1-2H3/b6-5-. The van der Waals surface area contributed by atoms with E-state index in [0.29, 0.717) is 0 Å². The summed E-state index contributed by atoms with van der Waals surface area (Å²) in [6.45, 7) is 4.10. The van der Waals surface area contributed by atoms with Crippen molar-refractivity contribution in [1.82, 2.24) is 0 Å². The minimum atomic E-state index is 1.02. The lowest BCUT2D eigenvalue weighted by atomic mass is 10.3. The highest BCUT2D eigenvalue weighted by atomic mass is 32.1. The molecule has 0 aromatic rings. The van der Waals surface area contributed by atoms with Gasteiger partial charge in [-0.25, -0.2) is 0 Å². The average Bonchev–Trinajstić information content (AvgIpc) is 1.61. The van der Waals surface area contributed by atoms with Crippen LogP contribution >= 0.6 is 12.6 Å². The molecule has 0 N–H and O–H groups in total. The number of hydrogen-bond acceptors (Lipinski definition) is 0. The van der Waals surface area contributed by atoms with Gasteiger partial charge < -0.3 is 0 Å². The molecular weight excluding hydrogens is 104 g/mol. The fourth-order valence-electron chi connectivity index (χ4n) is 0.348. The molecule has 0 aliphatic carbocycles.